The van der Waals surface area contributed by atoms with Crippen LogP contribution in [0, 0.1) is 11.3 Å². The van der Waals surface area contributed by atoms with Crippen LogP contribution < -0.4 is 10.3 Å². The zero-order valence-corrected chi connectivity index (χ0v) is 17.9. The number of carbonyl (C=O) groups excluding carboxylic acids is 1. The molecule has 1 aliphatic rings. The van der Waals surface area contributed by atoms with Crippen molar-refractivity contribution in [3.8, 4) is 6.07 Å². The molecule has 164 valence electrons. The summed E-state index contributed by atoms with van der Waals surface area (Å²) in [7, 11) is 0. The topological polar surface area (TPSA) is 115 Å². The number of aliphatic hydroxyl groups is 1. The molecule has 0 fully saturated rings. The van der Waals surface area contributed by atoms with Gasteiger partial charge in [-0.15, -0.1) is 0 Å². The van der Waals surface area contributed by atoms with Crippen molar-refractivity contribution < 1.29 is 14.6 Å². The van der Waals surface area contributed by atoms with Crippen molar-refractivity contribution in [1.29, 1.82) is 5.26 Å². The molecule has 2 N–H and O–H groups in total. The average molecular weight is 432 g/mol. The van der Waals surface area contributed by atoms with E-state index in [0.29, 0.717) is 30.2 Å². The number of hydrazone groups is 1. The smallest absolute Gasteiger partial charge is 0.252 e. The summed E-state index contributed by atoms with van der Waals surface area (Å²) in [5, 5.41) is 27.6. The number of benzene rings is 1. The van der Waals surface area contributed by atoms with Gasteiger partial charge in [-0.3, -0.25) is 4.79 Å². The fourth-order valence-electron chi connectivity index (χ4n) is 3.77. The normalized spacial score (nSPS) is 14.5. The second kappa shape index (κ2) is 8.78. The van der Waals surface area contributed by atoms with Gasteiger partial charge in [-0.1, -0.05) is 6.07 Å². The molecule has 1 aromatic carbocycles. The largest absolute Gasteiger partial charge is 0.394 e. The van der Waals surface area contributed by atoms with Crippen LogP contribution in [0.15, 0.2) is 47.8 Å². The van der Waals surface area contributed by atoms with Crippen LogP contribution in [0.2, 0.25) is 0 Å². The molecule has 0 spiro atoms. The Morgan fingerprint density at radius 1 is 1.34 bits per heavy atom. The summed E-state index contributed by atoms with van der Waals surface area (Å²) in [4.78, 5) is 16.6. The molecule has 9 heteroatoms. The summed E-state index contributed by atoms with van der Waals surface area (Å²) in [6.07, 6.45) is 5.06. The number of nitriles is 1. The summed E-state index contributed by atoms with van der Waals surface area (Å²) in [6.45, 7) is 4.84. The monoisotopic (exact) mass is 432 g/mol. The molecule has 4 rings (SSSR count). The number of hydrogen-bond donors (Lipinski definition) is 2. The van der Waals surface area contributed by atoms with Crippen molar-refractivity contribution in [3.63, 3.8) is 0 Å². The molecule has 0 radical (unpaired) electrons. The Labute approximate surface area is 185 Å². The van der Waals surface area contributed by atoms with E-state index in [1.54, 1.807) is 40.2 Å². The highest BCUT2D eigenvalue weighted by molar-refractivity contribution is 6.00. The minimum atomic E-state index is -0.444. The quantitative estimate of drug-likeness (QED) is 0.320. The van der Waals surface area contributed by atoms with E-state index in [-0.39, 0.29) is 19.1 Å². The number of rotatable bonds is 8. The lowest BCUT2D eigenvalue weighted by Gasteiger charge is -2.20. The van der Waals surface area contributed by atoms with Gasteiger partial charge >= 0.3 is 0 Å². The van der Waals surface area contributed by atoms with Gasteiger partial charge in [-0.05, 0) is 49.2 Å². The maximum atomic E-state index is 12.1. The van der Waals surface area contributed by atoms with E-state index in [0.717, 1.165) is 16.6 Å². The van der Waals surface area contributed by atoms with Gasteiger partial charge in [-0.2, -0.15) is 10.4 Å². The van der Waals surface area contributed by atoms with Crippen LogP contribution in [0.4, 0.5) is 5.82 Å². The average Bonchev–Trinajstić information content (AvgIpc) is 3.31. The number of ether oxygens (including phenoxy) is 1. The number of nitrogens with one attached hydrogen (secondary N) is 1. The molecule has 2 aromatic heterocycles. The Bertz CT molecular complexity index is 1220. The Kier molecular flexibility index (Phi) is 5.90. The van der Waals surface area contributed by atoms with Gasteiger partial charge in [0.1, 0.15) is 11.8 Å². The molecule has 3 heterocycles. The first kappa shape index (κ1) is 21.5. The zero-order chi connectivity index (χ0) is 22.7. The van der Waals surface area contributed by atoms with Crippen LogP contribution in [0.25, 0.3) is 5.52 Å². The molecule has 32 heavy (non-hydrogen) atoms. The summed E-state index contributed by atoms with van der Waals surface area (Å²) < 4.78 is 7.19. The van der Waals surface area contributed by atoms with E-state index >= 15 is 0 Å². The molecule has 3 aromatic rings. The zero-order valence-electron chi connectivity index (χ0n) is 17.9. The second-order valence-corrected chi connectivity index (χ2v) is 7.92. The van der Waals surface area contributed by atoms with Crippen molar-refractivity contribution in [1.82, 2.24) is 14.7 Å². The molecule has 9 nitrogen and oxygen atoms in total. The van der Waals surface area contributed by atoms with Gasteiger partial charge in [0.15, 0.2) is 5.82 Å². The maximum Gasteiger partial charge on any atom is 0.252 e. The van der Waals surface area contributed by atoms with Crippen molar-refractivity contribution >= 4 is 23.5 Å². The summed E-state index contributed by atoms with van der Waals surface area (Å²) in [5.41, 5.74) is 3.24. The van der Waals surface area contributed by atoms with Crippen LogP contribution in [0.5, 0.6) is 0 Å². The first-order valence-electron chi connectivity index (χ1n) is 10.3. The van der Waals surface area contributed by atoms with Gasteiger partial charge in [0.2, 0.25) is 0 Å². The minimum Gasteiger partial charge on any atom is -0.394 e. The predicted molar refractivity (Wildman–Crippen MR) is 120 cm³/mol. The Morgan fingerprint density at radius 3 is 2.97 bits per heavy atom. The van der Waals surface area contributed by atoms with E-state index in [1.165, 1.54) is 0 Å². The minimum absolute atomic E-state index is 0.0565. The van der Waals surface area contributed by atoms with Crippen molar-refractivity contribution in [2.75, 3.05) is 31.4 Å². The lowest BCUT2D eigenvalue weighted by atomic mass is 9.93. The standard InChI is InChI=1S/C23H24N6O3/c1-23(2)19-13-16(3-5-18(19)22(31)27-23)15-26-29(9-11-32-12-10-30)21-20-6-4-17(14-24)28(20)8-7-25-21/h3-8,13,15,30H,9-12H2,1-2H3,(H,27,31)/b26-15+. The van der Waals surface area contributed by atoms with Crippen molar-refractivity contribution in [3.05, 3.63) is 65.1 Å². The molecule has 1 aliphatic heterocycles. The molecular formula is C23H24N6O3. The van der Waals surface area contributed by atoms with Crippen molar-refractivity contribution in [2.45, 2.75) is 19.4 Å². The van der Waals surface area contributed by atoms with Crippen LogP contribution in [-0.2, 0) is 10.3 Å². The fraction of sp³-hybridized carbons (Fsp3) is 0.304. The number of aliphatic hydroxyl groups excluding tert-OH is 1. The van der Waals surface area contributed by atoms with E-state index in [1.807, 2.05) is 32.0 Å². The van der Waals surface area contributed by atoms with Crippen LogP contribution in [-0.4, -0.2) is 53.0 Å². The molecule has 0 atom stereocenters. The highest BCUT2D eigenvalue weighted by Gasteiger charge is 2.34. The number of nitrogens with zero attached hydrogens (tertiary/aromatic N) is 5. The number of hydrogen-bond acceptors (Lipinski definition) is 7. The molecular weight excluding hydrogens is 408 g/mol. The summed E-state index contributed by atoms with van der Waals surface area (Å²) >= 11 is 0. The number of carbonyl (C=O) groups is 1. The van der Waals surface area contributed by atoms with E-state index in [9.17, 15) is 10.1 Å². The SMILES string of the molecule is CC1(C)NC(=O)c2ccc(/C=N/N(CCOCCO)c3nccn4c(C#N)ccc34)cc21. The third kappa shape index (κ3) is 4.06. The van der Waals surface area contributed by atoms with Gasteiger partial charge in [0, 0.05) is 18.0 Å². The highest BCUT2D eigenvalue weighted by Crippen LogP contribution is 2.31. The van der Waals surface area contributed by atoms with Gasteiger partial charge in [0.05, 0.1) is 43.6 Å². The first-order valence-corrected chi connectivity index (χ1v) is 10.3. The Balaban J connectivity index is 1.67. The first-order chi connectivity index (χ1) is 15.4. The van der Waals surface area contributed by atoms with Crippen LogP contribution in [0.1, 0.15) is 41.0 Å². The molecule has 0 saturated heterocycles. The van der Waals surface area contributed by atoms with Crippen LogP contribution >= 0.6 is 0 Å². The Hall–Kier alpha value is -3.74. The van der Waals surface area contributed by atoms with Crippen LogP contribution in [0.3, 0.4) is 0 Å². The third-order valence-electron chi connectivity index (χ3n) is 5.34. The van der Waals surface area contributed by atoms with E-state index in [2.05, 4.69) is 21.5 Å². The summed E-state index contributed by atoms with van der Waals surface area (Å²) in [5.74, 6) is 0.504. The molecule has 0 saturated carbocycles. The summed E-state index contributed by atoms with van der Waals surface area (Å²) in [6, 6.07) is 11.3. The third-order valence-corrected chi connectivity index (χ3v) is 5.34. The second-order valence-electron chi connectivity index (χ2n) is 7.92. The molecule has 0 bridgehead atoms. The number of fused-ring (bicyclic) bond motifs is 2. The van der Waals surface area contributed by atoms with E-state index in [4.69, 9.17) is 9.84 Å². The molecule has 0 aliphatic carbocycles. The number of anilines is 1. The lowest BCUT2D eigenvalue weighted by Crippen LogP contribution is -2.32. The lowest BCUT2D eigenvalue weighted by molar-refractivity contribution is 0.0940. The van der Waals surface area contributed by atoms with Gasteiger partial charge in [-0.25, -0.2) is 9.99 Å². The maximum absolute atomic E-state index is 12.1. The fourth-order valence-corrected chi connectivity index (χ4v) is 3.77. The predicted octanol–water partition coefficient (Wildman–Crippen LogP) is 2.03. The molecule has 0 unspecified atom stereocenters. The molecule has 1 amide bonds. The van der Waals surface area contributed by atoms with Gasteiger partial charge < -0.3 is 19.6 Å². The number of aromatic nitrogens is 2. The highest BCUT2D eigenvalue weighted by atomic mass is 16.5. The van der Waals surface area contributed by atoms with Gasteiger partial charge in [0.25, 0.3) is 5.91 Å². The van der Waals surface area contributed by atoms with E-state index < -0.39 is 5.54 Å². The Morgan fingerprint density at radius 2 is 2.19 bits per heavy atom. The van der Waals surface area contributed by atoms with Crippen molar-refractivity contribution in [2.24, 2.45) is 5.10 Å². The number of amides is 1.